The topological polar surface area (TPSA) is 89.9 Å². The van der Waals surface area contributed by atoms with Crippen molar-refractivity contribution in [2.24, 2.45) is 0 Å². The Labute approximate surface area is 207 Å². The van der Waals surface area contributed by atoms with Crippen LogP contribution in [0.15, 0.2) is 48.5 Å². The second-order valence-electron chi connectivity index (χ2n) is 9.23. The Hall–Kier alpha value is -4.14. The smallest absolute Gasteiger partial charge is 0.325 e. The molecule has 8 nitrogen and oxygen atoms in total. The average Bonchev–Trinajstić information content (AvgIpc) is 3.27. The van der Waals surface area contributed by atoms with Crippen molar-refractivity contribution in [1.82, 2.24) is 14.8 Å². The van der Waals surface area contributed by atoms with Gasteiger partial charge in [-0.3, -0.25) is 14.5 Å². The molecule has 0 aliphatic carbocycles. The van der Waals surface area contributed by atoms with Gasteiger partial charge in [-0.05, 0) is 62.2 Å². The van der Waals surface area contributed by atoms with Crippen molar-refractivity contribution < 1.29 is 28.2 Å². The number of fused-ring (bicyclic) bond motifs is 1. The molecule has 0 spiro atoms. The van der Waals surface area contributed by atoms with Crippen LogP contribution in [-0.2, 0) is 16.9 Å². The number of ketones is 1. The third-order valence-electron chi connectivity index (χ3n) is 6.82. The molecule has 1 saturated heterocycles. The number of amides is 3. The van der Waals surface area contributed by atoms with E-state index < -0.39 is 17.5 Å². The number of benzene rings is 2. The van der Waals surface area contributed by atoms with Crippen LogP contribution in [0.5, 0.6) is 11.5 Å². The van der Waals surface area contributed by atoms with Gasteiger partial charge in [0.25, 0.3) is 5.91 Å². The van der Waals surface area contributed by atoms with Crippen LogP contribution in [0.25, 0.3) is 0 Å². The number of halogens is 1. The molecular weight excluding hydrogens is 465 g/mol. The fourth-order valence-corrected chi connectivity index (χ4v) is 4.72. The summed E-state index contributed by atoms with van der Waals surface area (Å²) in [6.07, 6.45) is 0. The second kappa shape index (κ2) is 8.82. The molecular formula is C27H26FN3O5. The summed E-state index contributed by atoms with van der Waals surface area (Å²) in [6.45, 7) is 6.22. The number of rotatable bonds is 6. The molecule has 3 heterocycles. The van der Waals surface area contributed by atoms with Crippen LogP contribution in [0.4, 0.5) is 9.18 Å². The maximum absolute atomic E-state index is 13.4. The summed E-state index contributed by atoms with van der Waals surface area (Å²) >= 11 is 0. The molecule has 0 saturated carbocycles. The summed E-state index contributed by atoms with van der Waals surface area (Å²) in [6, 6.07) is 12.4. The number of ether oxygens (including phenoxy) is 2. The van der Waals surface area contributed by atoms with Crippen molar-refractivity contribution in [3.05, 3.63) is 82.4 Å². The van der Waals surface area contributed by atoms with Crippen molar-refractivity contribution in [1.29, 1.82) is 0 Å². The molecule has 0 bridgehead atoms. The quantitative estimate of drug-likeness (QED) is 0.419. The van der Waals surface area contributed by atoms with E-state index in [1.807, 2.05) is 18.4 Å². The second-order valence-corrected chi connectivity index (χ2v) is 9.23. The predicted octanol–water partition coefficient (Wildman–Crippen LogP) is 3.71. The zero-order valence-electron chi connectivity index (χ0n) is 20.3. The number of aryl methyl sites for hydroxylation is 1. The third-order valence-corrected chi connectivity index (χ3v) is 6.82. The van der Waals surface area contributed by atoms with E-state index in [1.165, 1.54) is 12.1 Å². The lowest BCUT2D eigenvalue weighted by Crippen LogP contribution is -2.41. The van der Waals surface area contributed by atoms with Gasteiger partial charge in [-0.25, -0.2) is 9.18 Å². The summed E-state index contributed by atoms with van der Waals surface area (Å²) < 4.78 is 26.4. The van der Waals surface area contributed by atoms with Crippen molar-refractivity contribution in [2.45, 2.75) is 32.9 Å². The lowest BCUT2D eigenvalue weighted by molar-refractivity contribution is -0.130. The molecule has 2 aliphatic heterocycles. The number of nitrogens with zero attached hydrogens (tertiary/aromatic N) is 2. The minimum atomic E-state index is -1.34. The Morgan fingerprint density at radius 2 is 1.72 bits per heavy atom. The molecule has 36 heavy (non-hydrogen) atoms. The molecule has 2 aromatic carbocycles. The van der Waals surface area contributed by atoms with Crippen LogP contribution >= 0.6 is 0 Å². The number of urea groups is 1. The number of aromatic nitrogens is 1. The van der Waals surface area contributed by atoms with Gasteiger partial charge in [0.2, 0.25) is 0 Å². The first kappa shape index (κ1) is 23.6. The van der Waals surface area contributed by atoms with Crippen LogP contribution in [0.2, 0.25) is 0 Å². The molecule has 3 aromatic rings. The van der Waals surface area contributed by atoms with Gasteiger partial charge >= 0.3 is 6.03 Å². The maximum atomic E-state index is 13.4. The first-order valence-corrected chi connectivity index (χ1v) is 11.7. The van der Waals surface area contributed by atoms with Crippen molar-refractivity contribution in [3.8, 4) is 11.5 Å². The number of carbonyl (C=O) groups excluding carboxylic acids is 3. The van der Waals surface area contributed by atoms with Crippen molar-refractivity contribution in [2.75, 3.05) is 19.8 Å². The molecule has 1 unspecified atom stereocenters. The van der Waals surface area contributed by atoms with E-state index in [2.05, 4.69) is 5.32 Å². The van der Waals surface area contributed by atoms with Crippen LogP contribution in [0, 0.1) is 19.7 Å². The fraction of sp³-hybridized carbons (Fsp3) is 0.296. The molecule has 9 heteroatoms. The van der Waals surface area contributed by atoms with Gasteiger partial charge in [-0.15, -0.1) is 0 Å². The molecule has 3 amide bonds. The van der Waals surface area contributed by atoms with Gasteiger partial charge < -0.3 is 19.4 Å². The van der Waals surface area contributed by atoms with E-state index in [1.54, 1.807) is 43.3 Å². The SMILES string of the molecule is Cc1cc(C(=O)CN2C(=O)NC(C)(c3ccc4c(c3)OCCO4)C2=O)c(C)n1Cc1ccc(F)cc1. The Bertz CT molecular complexity index is 1380. The first-order chi connectivity index (χ1) is 17.2. The number of imide groups is 1. The molecule has 1 N–H and O–H groups in total. The van der Waals surface area contributed by atoms with Gasteiger partial charge in [0.1, 0.15) is 24.6 Å². The van der Waals surface area contributed by atoms with Crippen LogP contribution in [-0.4, -0.2) is 46.9 Å². The van der Waals surface area contributed by atoms with Crippen molar-refractivity contribution in [3.63, 3.8) is 0 Å². The van der Waals surface area contributed by atoms with E-state index in [4.69, 9.17) is 9.47 Å². The Morgan fingerprint density at radius 1 is 1.03 bits per heavy atom. The van der Waals surface area contributed by atoms with Gasteiger partial charge in [0, 0.05) is 23.5 Å². The predicted molar refractivity (Wildman–Crippen MR) is 129 cm³/mol. The van der Waals surface area contributed by atoms with E-state index >= 15 is 0 Å². The molecule has 0 radical (unpaired) electrons. The minimum Gasteiger partial charge on any atom is -0.486 e. The zero-order valence-corrected chi connectivity index (χ0v) is 20.3. The Morgan fingerprint density at radius 3 is 2.44 bits per heavy atom. The Kier molecular flexibility index (Phi) is 5.78. The summed E-state index contributed by atoms with van der Waals surface area (Å²) in [7, 11) is 0. The fourth-order valence-electron chi connectivity index (χ4n) is 4.72. The number of nitrogens with one attached hydrogen (secondary N) is 1. The highest BCUT2D eigenvalue weighted by Crippen LogP contribution is 2.37. The van der Waals surface area contributed by atoms with E-state index in [9.17, 15) is 18.8 Å². The lowest BCUT2D eigenvalue weighted by Gasteiger charge is -2.25. The molecule has 1 aromatic heterocycles. The van der Waals surface area contributed by atoms with Gasteiger partial charge in [0.15, 0.2) is 17.3 Å². The number of carbonyl (C=O) groups is 3. The normalized spacial score (nSPS) is 18.9. The van der Waals surface area contributed by atoms with E-state index in [0.717, 1.165) is 16.2 Å². The molecule has 1 atom stereocenters. The van der Waals surface area contributed by atoms with Crippen LogP contribution in [0.3, 0.4) is 0 Å². The van der Waals surface area contributed by atoms with Crippen LogP contribution in [0.1, 0.15) is 39.8 Å². The zero-order chi connectivity index (χ0) is 25.6. The molecule has 5 rings (SSSR count). The summed E-state index contributed by atoms with van der Waals surface area (Å²) in [5.74, 6) is -0.0908. The lowest BCUT2D eigenvalue weighted by atomic mass is 9.91. The highest BCUT2D eigenvalue weighted by Gasteiger charge is 2.50. The first-order valence-electron chi connectivity index (χ1n) is 11.7. The minimum absolute atomic E-state index is 0.313. The number of hydrogen-bond acceptors (Lipinski definition) is 5. The third kappa shape index (κ3) is 4.00. The van der Waals surface area contributed by atoms with Gasteiger partial charge in [-0.1, -0.05) is 18.2 Å². The summed E-state index contributed by atoms with van der Waals surface area (Å²) in [5, 5.41) is 2.73. The van der Waals surface area contributed by atoms with E-state index in [0.29, 0.717) is 48.1 Å². The van der Waals surface area contributed by atoms with Gasteiger partial charge in [-0.2, -0.15) is 0 Å². The summed E-state index contributed by atoms with van der Waals surface area (Å²) in [5.41, 5.74) is 2.08. The van der Waals surface area contributed by atoms with Gasteiger partial charge in [0.05, 0.1) is 6.54 Å². The molecule has 1 fully saturated rings. The maximum Gasteiger partial charge on any atom is 0.325 e. The standard InChI is InChI=1S/C27H26FN3O5/c1-16-12-21(17(2)30(16)14-18-4-7-20(28)8-5-18)22(32)15-31-25(33)27(3,29-26(31)34)19-6-9-23-24(13-19)36-11-10-35-23/h4-9,12-13H,10-11,14-15H2,1-3H3,(H,29,34). The highest BCUT2D eigenvalue weighted by molar-refractivity contribution is 6.11. The van der Waals surface area contributed by atoms with Crippen LogP contribution < -0.4 is 14.8 Å². The van der Waals surface area contributed by atoms with Crippen molar-refractivity contribution >= 4 is 17.7 Å². The highest BCUT2D eigenvalue weighted by atomic mass is 19.1. The molecule has 2 aliphatic rings. The summed E-state index contributed by atoms with van der Waals surface area (Å²) in [4.78, 5) is 40.4. The largest absolute Gasteiger partial charge is 0.486 e. The molecule has 186 valence electrons. The monoisotopic (exact) mass is 491 g/mol. The number of Topliss-reactive ketones (excluding diaryl/α,β-unsaturated/α-hetero) is 1. The average molecular weight is 492 g/mol. The Balaban J connectivity index is 1.35. The number of hydrogen-bond donors (Lipinski definition) is 1. The van der Waals surface area contributed by atoms with E-state index in [-0.39, 0.29) is 18.1 Å².